The molecule has 0 saturated carbocycles. The largest absolute Gasteiger partial charge is 0.480 e. The number of aliphatic carboxylic acids is 1. The zero-order valence-electron chi connectivity index (χ0n) is 8.96. The molecule has 94 valence electrons. The summed E-state index contributed by atoms with van der Waals surface area (Å²) in [6, 6.07) is 6.07. The van der Waals surface area contributed by atoms with Gasteiger partial charge in [-0.15, -0.1) is 0 Å². The van der Waals surface area contributed by atoms with Crippen molar-refractivity contribution in [2.75, 3.05) is 13.7 Å². The Labute approximate surface area is 107 Å². The van der Waals surface area contributed by atoms with Crippen LogP contribution in [-0.4, -0.2) is 38.5 Å². The summed E-state index contributed by atoms with van der Waals surface area (Å²) < 4.78 is 29.2. The molecule has 0 fully saturated rings. The van der Waals surface area contributed by atoms with Gasteiger partial charge in [0.1, 0.15) is 0 Å². The van der Waals surface area contributed by atoms with Crippen LogP contribution in [0.4, 0.5) is 0 Å². The molecule has 0 aliphatic rings. The molecule has 0 aromatic heterocycles. The number of methoxy groups -OCH3 is 1. The minimum atomic E-state index is -3.96. The summed E-state index contributed by atoms with van der Waals surface area (Å²) in [6.45, 7) is -0.390. The molecule has 0 aliphatic heterocycles. The first-order chi connectivity index (χ1) is 7.91. The molecular formula is C10H11BrO5S. The molecule has 5 nitrogen and oxygen atoms in total. The van der Waals surface area contributed by atoms with Gasteiger partial charge in [0, 0.05) is 11.6 Å². The Morgan fingerprint density at radius 2 is 2.06 bits per heavy atom. The maximum absolute atomic E-state index is 12.1. The lowest BCUT2D eigenvalue weighted by molar-refractivity contribution is -0.137. The van der Waals surface area contributed by atoms with Gasteiger partial charge in [0.25, 0.3) is 0 Å². The van der Waals surface area contributed by atoms with Crippen molar-refractivity contribution in [1.29, 1.82) is 0 Å². The van der Waals surface area contributed by atoms with E-state index in [1.54, 1.807) is 12.1 Å². The van der Waals surface area contributed by atoms with Gasteiger partial charge in [-0.2, -0.15) is 0 Å². The van der Waals surface area contributed by atoms with Gasteiger partial charge in [0.15, 0.2) is 15.1 Å². The molecule has 0 aliphatic carbocycles. The number of rotatable bonds is 5. The van der Waals surface area contributed by atoms with Gasteiger partial charge >= 0.3 is 5.97 Å². The number of hydrogen-bond acceptors (Lipinski definition) is 4. The lowest BCUT2D eigenvalue weighted by atomic mass is 10.4. The zero-order valence-corrected chi connectivity index (χ0v) is 11.4. The first-order valence-corrected chi connectivity index (χ1v) is 6.95. The fourth-order valence-electron chi connectivity index (χ4n) is 1.27. The van der Waals surface area contributed by atoms with E-state index in [1.807, 2.05) is 0 Å². The average Bonchev–Trinajstić information content (AvgIpc) is 2.25. The van der Waals surface area contributed by atoms with Crippen molar-refractivity contribution in [2.45, 2.75) is 10.1 Å². The first-order valence-electron chi connectivity index (χ1n) is 4.61. The van der Waals surface area contributed by atoms with Crippen molar-refractivity contribution in [1.82, 2.24) is 0 Å². The van der Waals surface area contributed by atoms with E-state index in [1.165, 1.54) is 19.2 Å². The highest BCUT2D eigenvalue weighted by atomic mass is 79.9. The van der Waals surface area contributed by atoms with Crippen molar-refractivity contribution < 1.29 is 23.1 Å². The summed E-state index contributed by atoms with van der Waals surface area (Å²) in [5.41, 5.74) is 0. The van der Waals surface area contributed by atoms with Gasteiger partial charge in [-0.3, -0.25) is 4.79 Å². The van der Waals surface area contributed by atoms with Crippen molar-refractivity contribution >= 4 is 31.7 Å². The van der Waals surface area contributed by atoms with Crippen molar-refractivity contribution in [3.63, 3.8) is 0 Å². The third-order valence-corrected chi connectivity index (χ3v) is 5.12. The number of halogens is 1. The van der Waals surface area contributed by atoms with Crippen LogP contribution in [0.3, 0.4) is 0 Å². The van der Waals surface area contributed by atoms with E-state index in [0.717, 1.165) is 0 Å². The molecule has 0 spiro atoms. The standard InChI is InChI=1S/C10H11BrO5S/c1-16-6-9(10(12)13)17(14,15)8-5-3-2-4-7(8)11/h2-5,9H,6H2,1H3,(H,12,13). The minimum Gasteiger partial charge on any atom is -0.480 e. The Kier molecular flexibility index (Phi) is 4.67. The highest BCUT2D eigenvalue weighted by Crippen LogP contribution is 2.25. The molecule has 1 rings (SSSR count). The predicted molar refractivity (Wildman–Crippen MR) is 64.6 cm³/mol. The first kappa shape index (κ1) is 14.1. The molecule has 0 saturated heterocycles. The molecular weight excluding hydrogens is 312 g/mol. The van der Waals surface area contributed by atoms with Crippen LogP contribution in [0.1, 0.15) is 0 Å². The van der Waals surface area contributed by atoms with Crippen molar-refractivity contribution in [2.24, 2.45) is 0 Å². The number of carboxylic acid groups (broad SMARTS) is 1. The van der Waals surface area contributed by atoms with Crippen molar-refractivity contribution in [3.8, 4) is 0 Å². The molecule has 1 aromatic carbocycles. The zero-order chi connectivity index (χ0) is 13.1. The van der Waals surface area contributed by atoms with E-state index in [0.29, 0.717) is 4.47 Å². The van der Waals surface area contributed by atoms with Gasteiger partial charge in [-0.1, -0.05) is 12.1 Å². The highest BCUT2D eigenvalue weighted by molar-refractivity contribution is 9.10. The van der Waals surface area contributed by atoms with E-state index < -0.39 is 21.1 Å². The van der Waals surface area contributed by atoms with Crippen molar-refractivity contribution in [3.05, 3.63) is 28.7 Å². The SMILES string of the molecule is COCC(C(=O)O)S(=O)(=O)c1ccccc1Br. The third-order valence-electron chi connectivity index (χ3n) is 2.11. The Balaban J connectivity index is 3.27. The third kappa shape index (κ3) is 3.05. The van der Waals surface area contributed by atoms with Gasteiger partial charge in [-0.05, 0) is 28.1 Å². The number of benzene rings is 1. The smallest absolute Gasteiger partial charge is 0.324 e. The number of ether oxygens (including phenoxy) is 1. The highest BCUT2D eigenvalue weighted by Gasteiger charge is 2.35. The normalized spacial score (nSPS) is 13.3. The number of carbonyl (C=O) groups is 1. The molecule has 1 atom stereocenters. The molecule has 7 heteroatoms. The Morgan fingerprint density at radius 3 is 2.53 bits per heavy atom. The summed E-state index contributed by atoms with van der Waals surface area (Å²) >= 11 is 3.09. The van der Waals surface area contributed by atoms with Crippen LogP contribution in [0.15, 0.2) is 33.6 Å². The van der Waals surface area contributed by atoms with Crippen LogP contribution in [0.2, 0.25) is 0 Å². The van der Waals surface area contributed by atoms with Gasteiger partial charge in [0.05, 0.1) is 11.5 Å². The number of hydrogen-bond donors (Lipinski definition) is 1. The van der Waals surface area contributed by atoms with Crippen LogP contribution in [0, 0.1) is 0 Å². The lowest BCUT2D eigenvalue weighted by Crippen LogP contribution is -2.34. The van der Waals surface area contributed by atoms with E-state index in [4.69, 9.17) is 5.11 Å². The Hall–Kier alpha value is -0.920. The number of carboxylic acids is 1. The summed E-state index contributed by atoms with van der Waals surface area (Å²) in [5, 5.41) is 7.31. The molecule has 0 radical (unpaired) electrons. The molecule has 0 amide bonds. The second-order valence-electron chi connectivity index (χ2n) is 3.26. The fraction of sp³-hybridized carbons (Fsp3) is 0.300. The molecule has 17 heavy (non-hydrogen) atoms. The average molecular weight is 323 g/mol. The fourth-order valence-corrected chi connectivity index (χ4v) is 3.73. The van der Waals surface area contributed by atoms with Crippen LogP contribution < -0.4 is 0 Å². The summed E-state index contributed by atoms with van der Waals surface area (Å²) in [6.07, 6.45) is 0. The molecule has 0 bridgehead atoms. The van der Waals surface area contributed by atoms with E-state index >= 15 is 0 Å². The molecule has 1 aromatic rings. The van der Waals surface area contributed by atoms with E-state index in [-0.39, 0.29) is 11.5 Å². The summed E-state index contributed by atoms with van der Waals surface area (Å²) in [5.74, 6) is -1.43. The maximum Gasteiger partial charge on any atom is 0.324 e. The Morgan fingerprint density at radius 1 is 1.47 bits per heavy atom. The lowest BCUT2D eigenvalue weighted by Gasteiger charge is -2.13. The van der Waals surface area contributed by atoms with E-state index in [2.05, 4.69) is 20.7 Å². The van der Waals surface area contributed by atoms with Gasteiger partial charge in [0.2, 0.25) is 0 Å². The second-order valence-corrected chi connectivity index (χ2v) is 6.21. The predicted octanol–water partition coefficient (Wildman–Crippen LogP) is 1.32. The number of sulfone groups is 1. The summed E-state index contributed by atoms with van der Waals surface area (Å²) in [4.78, 5) is 10.9. The quantitative estimate of drug-likeness (QED) is 0.884. The monoisotopic (exact) mass is 322 g/mol. The van der Waals surface area contributed by atoms with Gasteiger partial charge in [-0.25, -0.2) is 8.42 Å². The maximum atomic E-state index is 12.1. The summed E-state index contributed by atoms with van der Waals surface area (Å²) in [7, 11) is -2.71. The van der Waals surface area contributed by atoms with E-state index in [9.17, 15) is 13.2 Å². The molecule has 0 heterocycles. The van der Waals surface area contributed by atoms with Crippen LogP contribution in [0.5, 0.6) is 0 Å². The minimum absolute atomic E-state index is 0.0514. The Bertz CT molecular complexity index is 511. The van der Waals surface area contributed by atoms with Gasteiger partial charge < -0.3 is 9.84 Å². The van der Waals surface area contributed by atoms with Crippen LogP contribution in [-0.2, 0) is 19.4 Å². The van der Waals surface area contributed by atoms with Crippen LogP contribution >= 0.6 is 15.9 Å². The second kappa shape index (κ2) is 5.61. The molecule has 1 N–H and O–H groups in total. The molecule has 1 unspecified atom stereocenters. The van der Waals surface area contributed by atoms with Crippen LogP contribution in [0.25, 0.3) is 0 Å². The topological polar surface area (TPSA) is 80.7 Å².